The van der Waals surface area contributed by atoms with Gasteiger partial charge in [0.15, 0.2) is 0 Å². The summed E-state index contributed by atoms with van der Waals surface area (Å²) in [6.07, 6.45) is 0.796. The number of nitrogens with zero attached hydrogens (tertiary/aromatic N) is 2. The van der Waals surface area contributed by atoms with Crippen molar-refractivity contribution in [1.29, 1.82) is 0 Å². The molecule has 2 amide bonds. The molecule has 0 bridgehead atoms. The molecule has 0 radical (unpaired) electrons. The van der Waals surface area contributed by atoms with Gasteiger partial charge in [0.25, 0.3) is 11.8 Å². The zero-order valence-corrected chi connectivity index (χ0v) is 5.48. The molecule has 0 aromatic heterocycles. The van der Waals surface area contributed by atoms with E-state index in [4.69, 9.17) is 15.4 Å². The third-order valence-electron chi connectivity index (χ3n) is 1.03. The maximum absolute atomic E-state index is 10.2. The van der Waals surface area contributed by atoms with E-state index in [0.717, 1.165) is 0 Å². The van der Waals surface area contributed by atoms with E-state index in [1.807, 2.05) is 0 Å². The minimum atomic E-state index is -0.505. The van der Waals surface area contributed by atoms with Crippen LogP contribution in [-0.4, -0.2) is 28.2 Å². The molecule has 0 aromatic carbocycles. The van der Waals surface area contributed by atoms with Crippen LogP contribution in [-0.2, 0) is 14.4 Å². The molecule has 1 fully saturated rings. The smallest absolute Gasteiger partial charge is 0.253 e. The molecule has 1 aliphatic rings. The number of hydroxylamine groups is 2. The van der Waals surface area contributed by atoms with Crippen LogP contribution in [0, 0.1) is 0 Å². The number of hydrogen-bond acceptors (Lipinski definition) is 4. The van der Waals surface area contributed by atoms with Crippen molar-refractivity contribution in [3.8, 4) is 0 Å². The predicted octanol–water partition coefficient (Wildman–Crippen LogP) is -0.584. The number of amides is 2. The second kappa shape index (κ2) is 4.32. The van der Waals surface area contributed by atoms with Crippen LogP contribution in [0.5, 0.6) is 0 Å². The highest BCUT2D eigenvalue weighted by Gasteiger charge is 2.26. The molecule has 0 aliphatic carbocycles. The van der Waals surface area contributed by atoms with Crippen LogP contribution in [0.15, 0.2) is 0 Å². The Morgan fingerprint density at radius 1 is 1.36 bits per heavy atom. The van der Waals surface area contributed by atoms with E-state index in [9.17, 15) is 9.59 Å². The molecule has 0 atom stereocenters. The molecule has 1 heterocycles. The monoisotopic (exact) mass is 157 g/mol. The lowest BCUT2D eigenvalue weighted by Gasteiger charge is -1.98. The highest BCUT2D eigenvalue weighted by atomic mass is 16.5. The third kappa shape index (κ3) is 2.70. The minimum Gasteiger partial charge on any atom is -0.724 e. The van der Waals surface area contributed by atoms with Gasteiger partial charge in [0, 0.05) is 12.8 Å². The Morgan fingerprint density at radius 2 is 1.64 bits per heavy atom. The van der Waals surface area contributed by atoms with Gasteiger partial charge in [0.2, 0.25) is 0 Å². The maximum Gasteiger partial charge on any atom is 0.253 e. The average molecular weight is 157 g/mol. The number of hydrogen-bond donors (Lipinski definition) is 1. The van der Waals surface area contributed by atoms with Gasteiger partial charge in [-0.15, -0.1) is 0 Å². The van der Waals surface area contributed by atoms with Crippen molar-refractivity contribution < 1.29 is 19.6 Å². The van der Waals surface area contributed by atoms with Crippen molar-refractivity contribution >= 4 is 17.9 Å². The summed E-state index contributed by atoms with van der Waals surface area (Å²) >= 11 is 0. The molecule has 1 rings (SSSR count). The first-order chi connectivity index (χ1) is 5.13. The molecule has 1 aliphatic heterocycles. The first kappa shape index (κ1) is 9.48. The van der Waals surface area contributed by atoms with Crippen LogP contribution in [0.3, 0.4) is 0 Å². The topological polar surface area (TPSA) is 97.0 Å². The van der Waals surface area contributed by atoms with E-state index in [1.54, 1.807) is 0 Å². The lowest BCUT2D eigenvalue weighted by atomic mass is 10.4. The highest BCUT2D eigenvalue weighted by Crippen LogP contribution is 2.06. The molecule has 1 saturated heterocycles. The van der Waals surface area contributed by atoms with Crippen LogP contribution < -0.4 is 0 Å². The van der Waals surface area contributed by atoms with Crippen molar-refractivity contribution in [2.75, 3.05) is 0 Å². The molecule has 6 heteroatoms. The van der Waals surface area contributed by atoms with Crippen molar-refractivity contribution in [2.45, 2.75) is 12.8 Å². The van der Waals surface area contributed by atoms with E-state index >= 15 is 0 Å². The third-order valence-corrected chi connectivity index (χ3v) is 1.03. The van der Waals surface area contributed by atoms with E-state index in [0.29, 0.717) is 6.08 Å². The van der Waals surface area contributed by atoms with Gasteiger partial charge < -0.3 is 5.41 Å². The molecule has 1 N–H and O–H groups in total. The summed E-state index contributed by atoms with van der Waals surface area (Å²) in [5.74, 6) is -1.01. The first-order valence-electron chi connectivity index (χ1n) is 2.69. The fourth-order valence-corrected chi connectivity index (χ4v) is 0.565. The van der Waals surface area contributed by atoms with Crippen molar-refractivity contribution in [2.24, 2.45) is 0 Å². The Kier molecular flexibility index (Phi) is 3.72. The lowest BCUT2D eigenvalue weighted by Crippen LogP contribution is -2.24. The Hall–Kier alpha value is -1.52. The summed E-state index contributed by atoms with van der Waals surface area (Å²) in [4.78, 5) is 28.7. The highest BCUT2D eigenvalue weighted by molar-refractivity contribution is 6.00. The largest absolute Gasteiger partial charge is 0.724 e. The maximum atomic E-state index is 10.2. The van der Waals surface area contributed by atoms with Gasteiger partial charge in [-0.3, -0.25) is 19.6 Å². The molecule has 60 valence electrons. The number of rotatable bonds is 0. The van der Waals surface area contributed by atoms with Gasteiger partial charge >= 0.3 is 0 Å². The van der Waals surface area contributed by atoms with E-state index in [-0.39, 0.29) is 17.9 Å². The summed E-state index contributed by atoms with van der Waals surface area (Å²) in [7, 11) is 0. The minimum absolute atomic E-state index is 0.148. The fraction of sp³-hybridized carbons (Fsp3) is 0.400. The van der Waals surface area contributed by atoms with Gasteiger partial charge in [0.05, 0.1) is 0 Å². The van der Waals surface area contributed by atoms with Crippen LogP contribution >= 0.6 is 0 Å². The normalized spacial score (nSPS) is 15.5. The van der Waals surface area contributed by atoms with Gasteiger partial charge in [-0.1, -0.05) is 0 Å². The van der Waals surface area contributed by atoms with Crippen LogP contribution in [0.1, 0.15) is 12.8 Å². The molecule has 0 spiro atoms. The zero-order chi connectivity index (χ0) is 8.85. The first-order valence-corrected chi connectivity index (χ1v) is 2.69. The number of carbonyl (C=O) groups excluding carboxylic acids is 3. The molecule has 11 heavy (non-hydrogen) atoms. The summed E-state index contributed by atoms with van der Waals surface area (Å²) in [6, 6.07) is 0. The molecule has 0 unspecified atom stereocenters. The summed E-state index contributed by atoms with van der Waals surface area (Å²) in [5.41, 5.74) is 0. The zero-order valence-electron chi connectivity index (χ0n) is 5.48. The fourth-order valence-electron chi connectivity index (χ4n) is 0.565. The van der Waals surface area contributed by atoms with E-state index in [2.05, 4.69) is 0 Å². The van der Waals surface area contributed by atoms with Crippen molar-refractivity contribution in [1.82, 2.24) is 5.06 Å². The lowest BCUT2D eigenvalue weighted by molar-refractivity contribution is -0.171. The van der Waals surface area contributed by atoms with Gasteiger partial charge in [0.1, 0.15) is 0 Å². The predicted molar refractivity (Wildman–Crippen MR) is 31.9 cm³/mol. The van der Waals surface area contributed by atoms with Crippen LogP contribution in [0.4, 0.5) is 0 Å². The number of carbonyl (C=O) groups is 2. The second-order valence-electron chi connectivity index (χ2n) is 1.69. The quantitative estimate of drug-likeness (QED) is 0.220. The van der Waals surface area contributed by atoms with Crippen LogP contribution in [0.25, 0.3) is 5.41 Å². The number of isocyanates is 1. The standard InChI is InChI=1S/C4H5NO3.CNO/c6-3-1-2-4(7)5(3)8;2-1-3/h8H,1-2H2;/q;-1. The number of imide groups is 1. The molecular formula is C5H5N2O4-. The van der Waals surface area contributed by atoms with E-state index in [1.165, 1.54) is 0 Å². The van der Waals surface area contributed by atoms with Gasteiger partial charge in [-0.2, -0.15) is 5.06 Å². The SMILES string of the molecule is O=C1CCC(=O)N1O.[N-]=C=O. The van der Waals surface area contributed by atoms with E-state index < -0.39 is 11.8 Å². The summed E-state index contributed by atoms with van der Waals surface area (Å²) in [6.45, 7) is 0. The molecule has 6 nitrogen and oxygen atoms in total. The molecular weight excluding hydrogens is 152 g/mol. The van der Waals surface area contributed by atoms with Gasteiger partial charge in [-0.05, 0) is 6.08 Å². The summed E-state index contributed by atoms with van der Waals surface area (Å²) < 4.78 is 0. The Morgan fingerprint density at radius 3 is 1.73 bits per heavy atom. The van der Waals surface area contributed by atoms with Crippen molar-refractivity contribution in [3.63, 3.8) is 0 Å². The van der Waals surface area contributed by atoms with Crippen LogP contribution in [0.2, 0.25) is 0 Å². The molecule has 0 saturated carbocycles. The second-order valence-corrected chi connectivity index (χ2v) is 1.69. The summed E-state index contributed by atoms with van der Waals surface area (Å²) in [5, 5.41) is 15.3. The van der Waals surface area contributed by atoms with Crippen molar-refractivity contribution in [3.05, 3.63) is 5.41 Å². The molecule has 0 aromatic rings. The average Bonchev–Trinajstić information content (AvgIpc) is 2.22. The Balaban J connectivity index is 0.000000292. The Bertz CT molecular complexity index is 191. The van der Waals surface area contributed by atoms with Gasteiger partial charge in [-0.25, -0.2) is 0 Å². The Labute approximate surface area is 61.9 Å².